The summed E-state index contributed by atoms with van der Waals surface area (Å²) in [6.45, 7) is 1.30. The maximum Gasteiger partial charge on any atom is 0.416 e. The Balaban J connectivity index is 2.31. The highest BCUT2D eigenvalue weighted by atomic mass is 79.9. The summed E-state index contributed by atoms with van der Waals surface area (Å²) in [5, 5.41) is 2.43. The number of nitrogen functional groups attached to an aromatic ring is 1. The van der Waals surface area contributed by atoms with Crippen LogP contribution in [-0.2, 0) is 22.6 Å². The second-order valence-corrected chi connectivity index (χ2v) is 8.80. The maximum atomic E-state index is 12.8. The van der Waals surface area contributed by atoms with Crippen LogP contribution in [0.1, 0.15) is 28.4 Å². The molecule has 3 N–H and O–H groups in total. The monoisotopic (exact) mass is 464 g/mol. The first-order valence-corrected chi connectivity index (χ1v) is 10.2. The van der Waals surface area contributed by atoms with E-state index in [9.17, 15) is 26.4 Å². The highest BCUT2D eigenvalue weighted by Gasteiger charge is 2.31. The molecule has 0 aromatic heterocycles. The Bertz CT molecular complexity index is 976. The van der Waals surface area contributed by atoms with Crippen LogP contribution in [0.25, 0.3) is 0 Å². The van der Waals surface area contributed by atoms with Crippen LogP contribution in [0.15, 0.2) is 45.8 Å². The van der Waals surface area contributed by atoms with Gasteiger partial charge in [0.2, 0.25) is 0 Å². The Labute approximate surface area is 162 Å². The molecule has 0 saturated carbocycles. The molecule has 0 fully saturated rings. The molecule has 0 aliphatic heterocycles. The Morgan fingerprint density at radius 2 is 1.85 bits per heavy atom. The number of carbonyl (C=O) groups excluding carboxylic acids is 1. The number of carbonyl (C=O) groups is 1. The number of nitrogens with one attached hydrogen (secondary N) is 1. The van der Waals surface area contributed by atoms with Crippen molar-refractivity contribution in [3.63, 3.8) is 0 Å². The lowest BCUT2D eigenvalue weighted by molar-refractivity contribution is -0.137. The quantitative estimate of drug-likeness (QED) is 0.658. The summed E-state index contributed by atoms with van der Waals surface area (Å²) < 4.78 is 63.5. The fourth-order valence-corrected chi connectivity index (χ4v) is 3.87. The first-order chi connectivity index (χ1) is 12.5. The number of sulfone groups is 1. The van der Waals surface area contributed by atoms with Crippen molar-refractivity contribution < 1.29 is 26.4 Å². The lowest BCUT2D eigenvalue weighted by atomic mass is 10.1. The molecule has 0 saturated heterocycles. The van der Waals surface area contributed by atoms with Gasteiger partial charge < -0.3 is 11.1 Å². The van der Waals surface area contributed by atoms with E-state index in [0.29, 0.717) is 16.1 Å². The van der Waals surface area contributed by atoms with Gasteiger partial charge in [-0.3, -0.25) is 4.79 Å². The van der Waals surface area contributed by atoms with Gasteiger partial charge in [-0.2, -0.15) is 13.2 Å². The van der Waals surface area contributed by atoms with Crippen LogP contribution < -0.4 is 11.1 Å². The van der Waals surface area contributed by atoms with E-state index in [1.54, 1.807) is 6.07 Å². The van der Waals surface area contributed by atoms with Crippen LogP contribution >= 0.6 is 15.9 Å². The standard InChI is InChI=1S/C17H16BrF3N2O3S/c1-2-27(25,26)15-6-4-12(18)7-10(15)9-23-16(24)13-8-11(17(19,20)21)3-5-14(13)22/h3-8H,2,9,22H2,1H3,(H,23,24). The van der Waals surface area contributed by atoms with Gasteiger partial charge in [0.25, 0.3) is 5.91 Å². The van der Waals surface area contributed by atoms with E-state index in [1.165, 1.54) is 19.1 Å². The van der Waals surface area contributed by atoms with Crippen molar-refractivity contribution in [3.8, 4) is 0 Å². The summed E-state index contributed by atoms with van der Waals surface area (Å²) >= 11 is 3.23. The second kappa shape index (κ2) is 7.89. The van der Waals surface area contributed by atoms with Gasteiger partial charge in [0.15, 0.2) is 9.84 Å². The summed E-state index contributed by atoms with van der Waals surface area (Å²) in [6.07, 6.45) is -4.62. The van der Waals surface area contributed by atoms with Gasteiger partial charge in [-0.25, -0.2) is 8.42 Å². The van der Waals surface area contributed by atoms with E-state index >= 15 is 0 Å². The molecule has 146 valence electrons. The van der Waals surface area contributed by atoms with Crippen molar-refractivity contribution in [1.29, 1.82) is 0 Å². The highest BCUT2D eigenvalue weighted by Crippen LogP contribution is 2.31. The van der Waals surface area contributed by atoms with Crippen LogP contribution in [0, 0.1) is 0 Å². The van der Waals surface area contributed by atoms with E-state index < -0.39 is 27.5 Å². The molecule has 2 aromatic rings. The first kappa shape index (κ1) is 21.2. The van der Waals surface area contributed by atoms with Crippen LogP contribution in [0.4, 0.5) is 18.9 Å². The van der Waals surface area contributed by atoms with Crippen molar-refractivity contribution in [2.75, 3.05) is 11.5 Å². The third-order valence-electron chi connectivity index (χ3n) is 3.80. The summed E-state index contributed by atoms with van der Waals surface area (Å²) in [5.74, 6) is -0.964. The summed E-state index contributed by atoms with van der Waals surface area (Å²) in [4.78, 5) is 12.4. The van der Waals surface area contributed by atoms with Crippen molar-refractivity contribution in [3.05, 3.63) is 57.6 Å². The second-order valence-electron chi connectivity index (χ2n) is 5.64. The van der Waals surface area contributed by atoms with Crippen LogP contribution in [-0.4, -0.2) is 20.1 Å². The number of halogens is 4. The molecule has 0 aliphatic carbocycles. The van der Waals surface area contributed by atoms with Gasteiger partial charge in [0, 0.05) is 16.7 Å². The number of hydrogen-bond acceptors (Lipinski definition) is 4. The lowest BCUT2D eigenvalue weighted by Gasteiger charge is -2.13. The molecule has 2 aromatic carbocycles. The number of amides is 1. The molecule has 27 heavy (non-hydrogen) atoms. The third-order valence-corrected chi connectivity index (χ3v) is 6.12. The minimum atomic E-state index is -4.62. The molecule has 0 aliphatic rings. The molecule has 5 nitrogen and oxygen atoms in total. The zero-order chi connectivity index (χ0) is 20.4. The Hall–Kier alpha value is -2.07. The van der Waals surface area contributed by atoms with Gasteiger partial charge in [-0.05, 0) is 42.0 Å². The van der Waals surface area contributed by atoms with E-state index in [2.05, 4.69) is 21.2 Å². The predicted molar refractivity (Wildman–Crippen MR) is 98.9 cm³/mol. The Morgan fingerprint density at radius 3 is 2.44 bits per heavy atom. The van der Waals surface area contributed by atoms with E-state index in [1.807, 2.05) is 0 Å². The molecule has 1 amide bonds. The maximum absolute atomic E-state index is 12.8. The number of benzene rings is 2. The molecular weight excluding hydrogens is 449 g/mol. The average Bonchev–Trinajstić information content (AvgIpc) is 2.58. The number of rotatable bonds is 5. The third kappa shape index (κ3) is 5.01. The molecule has 0 atom stereocenters. The molecule has 10 heteroatoms. The Morgan fingerprint density at radius 1 is 1.19 bits per heavy atom. The Kier molecular flexibility index (Phi) is 6.21. The van der Waals surface area contributed by atoms with E-state index in [0.717, 1.165) is 12.1 Å². The molecule has 0 heterocycles. The molecule has 0 radical (unpaired) electrons. The van der Waals surface area contributed by atoms with Crippen molar-refractivity contribution >= 4 is 37.4 Å². The molecule has 2 rings (SSSR count). The largest absolute Gasteiger partial charge is 0.416 e. The first-order valence-electron chi connectivity index (χ1n) is 7.72. The molecular formula is C17H16BrF3N2O3S. The minimum Gasteiger partial charge on any atom is -0.398 e. The zero-order valence-corrected chi connectivity index (χ0v) is 16.5. The van der Waals surface area contributed by atoms with Crippen molar-refractivity contribution in [1.82, 2.24) is 5.32 Å². The fourth-order valence-electron chi connectivity index (χ4n) is 2.35. The number of nitrogens with two attached hydrogens (primary N) is 1. The van der Waals surface area contributed by atoms with Crippen LogP contribution in [0.2, 0.25) is 0 Å². The zero-order valence-electron chi connectivity index (χ0n) is 14.1. The normalized spacial score (nSPS) is 12.0. The predicted octanol–water partition coefficient (Wildman–Crippen LogP) is 3.77. The number of alkyl halides is 3. The molecule has 0 spiro atoms. The number of anilines is 1. The van der Waals surface area contributed by atoms with Gasteiger partial charge in [-0.1, -0.05) is 22.9 Å². The van der Waals surface area contributed by atoms with Crippen LogP contribution in [0.5, 0.6) is 0 Å². The van der Waals surface area contributed by atoms with Crippen molar-refractivity contribution in [2.45, 2.75) is 24.5 Å². The summed E-state index contributed by atoms with van der Waals surface area (Å²) in [6, 6.07) is 6.94. The molecule has 0 bridgehead atoms. The van der Waals surface area contributed by atoms with E-state index in [-0.39, 0.29) is 28.4 Å². The van der Waals surface area contributed by atoms with Crippen LogP contribution in [0.3, 0.4) is 0 Å². The van der Waals surface area contributed by atoms with Crippen molar-refractivity contribution in [2.24, 2.45) is 0 Å². The highest BCUT2D eigenvalue weighted by molar-refractivity contribution is 9.10. The topological polar surface area (TPSA) is 89.3 Å². The summed E-state index contributed by atoms with van der Waals surface area (Å²) in [5.41, 5.74) is 4.48. The molecule has 0 unspecified atom stereocenters. The van der Waals surface area contributed by atoms with Gasteiger partial charge in [0.1, 0.15) is 0 Å². The van der Waals surface area contributed by atoms with Gasteiger partial charge in [-0.15, -0.1) is 0 Å². The lowest BCUT2D eigenvalue weighted by Crippen LogP contribution is -2.25. The fraction of sp³-hybridized carbons (Fsp3) is 0.235. The van der Waals surface area contributed by atoms with E-state index in [4.69, 9.17) is 5.73 Å². The smallest absolute Gasteiger partial charge is 0.398 e. The number of hydrogen-bond donors (Lipinski definition) is 2. The van der Waals surface area contributed by atoms with Gasteiger partial charge in [0.05, 0.1) is 21.8 Å². The average molecular weight is 465 g/mol. The summed E-state index contributed by atoms with van der Waals surface area (Å²) in [7, 11) is -3.54. The minimum absolute atomic E-state index is 0.0468. The SMILES string of the molecule is CCS(=O)(=O)c1ccc(Br)cc1CNC(=O)c1cc(C(F)(F)F)ccc1N. The van der Waals surface area contributed by atoms with Gasteiger partial charge >= 0.3 is 6.18 Å².